The highest BCUT2D eigenvalue weighted by Gasteiger charge is 2.08. The molecule has 6 heteroatoms. The minimum atomic E-state index is -0.260. The highest BCUT2D eigenvalue weighted by molar-refractivity contribution is 14.1. The topological polar surface area (TPSA) is 53.2 Å². The van der Waals surface area contributed by atoms with E-state index in [1.54, 1.807) is 17.9 Å². The Balaban J connectivity index is 3.23. The number of hydrogen-bond donors (Lipinski definition) is 0. The highest BCUT2D eigenvalue weighted by atomic mass is 127. The predicted molar refractivity (Wildman–Crippen MR) is 69.8 cm³/mol. The molecule has 0 spiro atoms. The molecule has 90 valence electrons. The Morgan fingerprint density at radius 1 is 1.38 bits per heavy atom. The highest BCUT2D eigenvalue weighted by Crippen LogP contribution is 1.95. The summed E-state index contributed by atoms with van der Waals surface area (Å²) in [6.45, 7) is 3.28. The van der Waals surface area contributed by atoms with Crippen LogP contribution in [0.2, 0.25) is 0 Å². The van der Waals surface area contributed by atoms with Gasteiger partial charge in [0.15, 0.2) is 0 Å². The lowest BCUT2D eigenvalue weighted by Gasteiger charge is -2.09. The van der Waals surface area contributed by atoms with Crippen LogP contribution < -0.4 is 11.2 Å². The summed E-state index contributed by atoms with van der Waals surface area (Å²) in [6, 6.07) is 0. The SMILES string of the molecule is CCCn1cc(I)c(=O)n(CCOC)c1=O. The molecule has 0 unspecified atom stereocenters. The lowest BCUT2D eigenvalue weighted by atomic mass is 10.4. The zero-order valence-corrected chi connectivity index (χ0v) is 11.6. The summed E-state index contributed by atoms with van der Waals surface area (Å²) in [7, 11) is 1.55. The Labute approximate surface area is 107 Å². The average molecular weight is 338 g/mol. The van der Waals surface area contributed by atoms with Crippen LogP contribution in [-0.4, -0.2) is 22.9 Å². The molecule has 0 fully saturated rings. The van der Waals surface area contributed by atoms with Crippen LogP contribution in [0.4, 0.5) is 0 Å². The van der Waals surface area contributed by atoms with Gasteiger partial charge in [0.25, 0.3) is 5.56 Å². The summed E-state index contributed by atoms with van der Waals surface area (Å²) in [5.41, 5.74) is -0.501. The summed E-state index contributed by atoms with van der Waals surface area (Å²) in [6.07, 6.45) is 2.47. The Bertz CT molecular complexity index is 464. The second kappa shape index (κ2) is 6.19. The molecule has 0 N–H and O–H groups in total. The van der Waals surface area contributed by atoms with Crippen molar-refractivity contribution in [3.05, 3.63) is 30.6 Å². The van der Waals surface area contributed by atoms with Crippen molar-refractivity contribution in [3.8, 4) is 0 Å². The fourth-order valence-corrected chi connectivity index (χ4v) is 2.03. The van der Waals surface area contributed by atoms with Gasteiger partial charge in [0.05, 0.1) is 16.7 Å². The van der Waals surface area contributed by atoms with Crippen molar-refractivity contribution in [2.24, 2.45) is 0 Å². The van der Waals surface area contributed by atoms with Crippen molar-refractivity contribution in [1.29, 1.82) is 0 Å². The van der Waals surface area contributed by atoms with E-state index < -0.39 is 0 Å². The molecular weight excluding hydrogens is 323 g/mol. The van der Waals surface area contributed by atoms with Gasteiger partial charge in [-0.05, 0) is 29.0 Å². The van der Waals surface area contributed by atoms with E-state index in [1.807, 2.05) is 29.5 Å². The number of halogens is 1. The summed E-state index contributed by atoms with van der Waals surface area (Å²) in [5.74, 6) is 0. The quantitative estimate of drug-likeness (QED) is 0.742. The third-order valence-corrected chi connectivity index (χ3v) is 2.92. The van der Waals surface area contributed by atoms with Crippen molar-refractivity contribution in [1.82, 2.24) is 9.13 Å². The number of aryl methyl sites for hydroxylation is 1. The zero-order chi connectivity index (χ0) is 12.1. The van der Waals surface area contributed by atoms with Gasteiger partial charge in [-0.2, -0.15) is 0 Å². The van der Waals surface area contributed by atoms with Crippen LogP contribution in [0.1, 0.15) is 13.3 Å². The lowest BCUT2D eigenvalue weighted by molar-refractivity contribution is 0.184. The molecule has 1 rings (SSSR count). The molecule has 1 aromatic heterocycles. The Morgan fingerprint density at radius 3 is 2.62 bits per heavy atom. The maximum Gasteiger partial charge on any atom is 0.331 e. The lowest BCUT2D eigenvalue weighted by Crippen LogP contribution is -2.41. The van der Waals surface area contributed by atoms with Crippen LogP contribution in [0.3, 0.4) is 0 Å². The van der Waals surface area contributed by atoms with Crippen LogP contribution >= 0.6 is 22.6 Å². The second-order valence-corrected chi connectivity index (χ2v) is 4.56. The van der Waals surface area contributed by atoms with Crippen molar-refractivity contribution < 1.29 is 4.74 Å². The Kier molecular flexibility index (Phi) is 5.20. The van der Waals surface area contributed by atoms with Crippen LogP contribution in [0.5, 0.6) is 0 Å². The average Bonchev–Trinajstić information content (AvgIpc) is 2.26. The fraction of sp³-hybridized carbons (Fsp3) is 0.600. The number of rotatable bonds is 5. The molecule has 0 bridgehead atoms. The van der Waals surface area contributed by atoms with E-state index in [0.717, 1.165) is 6.42 Å². The third kappa shape index (κ3) is 2.94. The molecule has 5 nitrogen and oxygen atoms in total. The molecule has 0 atom stereocenters. The number of aromatic nitrogens is 2. The molecular formula is C10H15IN2O3. The maximum atomic E-state index is 11.9. The molecule has 0 saturated carbocycles. The van der Waals surface area contributed by atoms with E-state index in [9.17, 15) is 9.59 Å². The molecule has 1 heterocycles. The first-order chi connectivity index (χ1) is 7.61. The molecule has 16 heavy (non-hydrogen) atoms. The van der Waals surface area contributed by atoms with Crippen LogP contribution in [0, 0.1) is 3.57 Å². The summed E-state index contributed by atoms with van der Waals surface area (Å²) in [5, 5.41) is 0. The van der Waals surface area contributed by atoms with E-state index in [1.165, 1.54) is 4.57 Å². The zero-order valence-electron chi connectivity index (χ0n) is 9.40. The van der Waals surface area contributed by atoms with Gasteiger partial charge < -0.3 is 4.74 Å². The first kappa shape index (κ1) is 13.4. The van der Waals surface area contributed by atoms with E-state index in [0.29, 0.717) is 23.3 Å². The molecule has 0 aliphatic heterocycles. The molecule has 0 saturated heterocycles. The molecule has 0 radical (unpaired) electrons. The molecule has 0 aromatic carbocycles. The van der Waals surface area contributed by atoms with Gasteiger partial charge >= 0.3 is 5.69 Å². The normalized spacial score (nSPS) is 10.7. The Morgan fingerprint density at radius 2 is 2.06 bits per heavy atom. The molecule has 0 aliphatic carbocycles. The summed E-state index contributed by atoms with van der Waals surface area (Å²) < 4.78 is 8.23. The molecule has 0 amide bonds. The van der Waals surface area contributed by atoms with Crippen LogP contribution in [0.15, 0.2) is 15.8 Å². The first-order valence-electron chi connectivity index (χ1n) is 5.10. The number of methoxy groups -OCH3 is 1. The van der Waals surface area contributed by atoms with Gasteiger partial charge in [-0.25, -0.2) is 4.79 Å². The monoisotopic (exact) mass is 338 g/mol. The standard InChI is InChI=1S/C10H15IN2O3/c1-3-4-12-7-8(11)9(14)13(10(12)15)5-6-16-2/h7H,3-6H2,1-2H3. The summed E-state index contributed by atoms with van der Waals surface area (Å²) >= 11 is 1.95. The van der Waals surface area contributed by atoms with Gasteiger partial charge in [-0.1, -0.05) is 6.92 Å². The second-order valence-electron chi connectivity index (χ2n) is 3.40. The van der Waals surface area contributed by atoms with Gasteiger partial charge in [0, 0.05) is 19.9 Å². The van der Waals surface area contributed by atoms with Crippen molar-refractivity contribution in [3.63, 3.8) is 0 Å². The molecule has 1 aromatic rings. The van der Waals surface area contributed by atoms with Crippen molar-refractivity contribution in [2.75, 3.05) is 13.7 Å². The fourth-order valence-electron chi connectivity index (χ4n) is 1.40. The minimum Gasteiger partial charge on any atom is -0.383 e. The molecule has 0 aliphatic rings. The largest absolute Gasteiger partial charge is 0.383 e. The smallest absolute Gasteiger partial charge is 0.331 e. The Hall–Kier alpha value is -0.630. The van der Waals surface area contributed by atoms with E-state index >= 15 is 0 Å². The third-order valence-electron chi connectivity index (χ3n) is 2.18. The first-order valence-corrected chi connectivity index (χ1v) is 6.18. The van der Waals surface area contributed by atoms with Crippen molar-refractivity contribution in [2.45, 2.75) is 26.4 Å². The van der Waals surface area contributed by atoms with Crippen LogP contribution in [0.25, 0.3) is 0 Å². The van der Waals surface area contributed by atoms with Gasteiger partial charge in [0.1, 0.15) is 0 Å². The van der Waals surface area contributed by atoms with Gasteiger partial charge in [-0.15, -0.1) is 0 Å². The van der Waals surface area contributed by atoms with Gasteiger partial charge in [0.2, 0.25) is 0 Å². The van der Waals surface area contributed by atoms with Crippen LogP contribution in [-0.2, 0) is 17.8 Å². The van der Waals surface area contributed by atoms with E-state index in [4.69, 9.17) is 4.74 Å². The maximum absolute atomic E-state index is 11.9. The number of hydrogen-bond acceptors (Lipinski definition) is 3. The predicted octanol–water partition coefficient (Wildman–Crippen LogP) is 0.671. The van der Waals surface area contributed by atoms with Crippen molar-refractivity contribution >= 4 is 22.6 Å². The van der Waals surface area contributed by atoms with E-state index in [2.05, 4.69) is 0 Å². The number of ether oxygens (including phenoxy) is 1. The van der Waals surface area contributed by atoms with Gasteiger partial charge in [-0.3, -0.25) is 13.9 Å². The minimum absolute atomic E-state index is 0.241. The number of nitrogens with zero attached hydrogens (tertiary/aromatic N) is 2. The van der Waals surface area contributed by atoms with E-state index in [-0.39, 0.29) is 11.2 Å². The summed E-state index contributed by atoms with van der Waals surface area (Å²) in [4.78, 5) is 23.6.